The molecule has 112 valence electrons. The van der Waals surface area contributed by atoms with Gasteiger partial charge in [0, 0.05) is 4.88 Å². The number of nitrogens with one attached hydrogen (secondary N) is 1. The number of benzene rings is 1. The normalized spacial score (nSPS) is 12.0. The highest BCUT2D eigenvalue weighted by atomic mass is 32.1. The Balaban J connectivity index is 1.72. The Bertz CT molecular complexity index is 695. The summed E-state index contributed by atoms with van der Waals surface area (Å²) >= 11 is 1.59. The van der Waals surface area contributed by atoms with E-state index in [0.717, 1.165) is 10.4 Å². The lowest BCUT2D eigenvalue weighted by atomic mass is 10.1. The van der Waals surface area contributed by atoms with Gasteiger partial charge in [0.2, 0.25) is 5.91 Å². The van der Waals surface area contributed by atoms with Gasteiger partial charge in [-0.2, -0.15) is 15.0 Å². The average Bonchev–Trinajstić information content (AvgIpc) is 3.21. The molecule has 0 aliphatic heterocycles. The summed E-state index contributed by atoms with van der Waals surface area (Å²) in [6, 6.07) is 13.7. The second kappa shape index (κ2) is 7.00. The van der Waals surface area contributed by atoms with Crippen molar-refractivity contribution in [1.29, 1.82) is 0 Å². The molecule has 0 fully saturated rings. The summed E-state index contributed by atoms with van der Waals surface area (Å²) < 4.78 is 0. The van der Waals surface area contributed by atoms with E-state index in [1.54, 1.807) is 28.5 Å². The van der Waals surface area contributed by atoms with Crippen LogP contribution in [0.1, 0.15) is 16.5 Å². The Morgan fingerprint density at radius 2 is 1.91 bits per heavy atom. The zero-order valence-electron chi connectivity index (χ0n) is 11.9. The van der Waals surface area contributed by atoms with Gasteiger partial charge >= 0.3 is 0 Å². The number of nitrogens with zero attached hydrogens (tertiary/aromatic N) is 3. The van der Waals surface area contributed by atoms with Crippen LogP contribution < -0.4 is 5.32 Å². The van der Waals surface area contributed by atoms with Crippen LogP contribution in [0.3, 0.4) is 0 Å². The number of carbonyl (C=O) groups excluding carboxylic acids is 1. The fraction of sp³-hybridized carbons (Fsp3) is 0.188. The molecule has 0 spiro atoms. The van der Waals surface area contributed by atoms with Crippen LogP contribution in [0.5, 0.6) is 0 Å². The van der Waals surface area contributed by atoms with E-state index in [2.05, 4.69) is 15.5 Å². The molecular weight excluding hydrogens is 296 g/mol. The number of thiophene rings is 1. The van der Waals surface area contributed by atoms with Gasteiger partial charge in [-0.05, 0) is 17.0 Å². The maximum absolute atomic E-state index is 12.3. The van der Waals surface area contributed by atoms with Gasteiger partial charge in [0.05, 0.1) is 31.4 Å². The molecule has 0 unspecified atom stereocenters. The van der Waals surface area contributed by atoms with Crippen molar-refractivity contribution in [2.24, 2.45) is 0 Å². The molecule has 1 aromatic carbocycles. The Morgan fingerprint density at radius 3 is 2.59 bits per heavy atom. The third-order valence-electron chi connectivity index (χ3n) is 3.26. The minimum Gasteiger partial charge on any atom is -0.347 e. The summed E-state index contributed by atoms with van der Waals surface area (Å²) in [4.78, 5) is 14.9. The topological polar surface area (TPSA) is 59.8 Å². The molecule has 3 aromatic rings. The van der Waals surface area contributed by atoms with Crippen LogP contribution in [-0.2, 0) is 17.8 Å². The highest BCUT2D eigenvalue weighted by Gasteiger charge is 2.16. The maximum Gasteiger partial charge on any atom is 0.225 e. The summed E-state index contributed by atoms with van der Waals surface area (Å²) in [5.41, 5.74) is 1.04. The molecule has 1 N–H and O–H groups in total. The Kier molecular flexibility index (Phi) is 4.60. The van der Waals surface area contributed by atoms with Crippen LogP contribution in [0.2, 0.25) is 0 Å². The highest BCUT2D eigenvalue weighted by Crippen LogP contribution is 2.15. The number of carbonyl (C=O) groups is 1. The first kappa shape index (κ1) is 14.5. The van der Waals surface area contributed by atoms with Gasteiger partial charge in [0.15, 0.2) is 0 Å². The summed E-state index contributed by atoms with van der Waals surface area (Å²) in [6.45, 7) is 0.507. The molecule has 0 saturated carbocycles. The van der Waals surface area contributed by atoms with Gasteiger partial charge in [-0.15, -0.1) is 11.3 Å². The van der Waals surface area contributed by atoms with E-state index in [1.165, 1.54) is 0 Å². The van der Waals surface area contributed by atoms with Gasteiger partial charge in [0.25, 0.3) is 0 Å². The zero-order valence-corrected chi connectivity index (χ0v) is 12.7. The van der Waals surface area contributed by atoms with Crippen molar-refractivity contribution >= 4 is 17.2 Å². The molecule has 1 atom stereocenters. The first-order chi connectivity index (χ1) is 10.8. The van der Waals surface area contributed by atoms with Gasteiger partial charge in [0.1, 0.15) is 0 Å². The van der Waals surface area contributed by atoms with Crippen molar-refractivity contribution in [2.45, 2.75) is 19.0 Å². The Hall–Kier alpha value is -2.47. The van der Waals surface area contributed by atoms with E-state index in [4.69, 9.17) is 0 Å². The fourth-order valence-electron chi connectivity index (χ4n) is 2.24. The van der Waals surface area contributed by atoms with Gasteiger partial charge < -0.3 is 5.32 Å². The number of aromatic nitrogens is 3. The second-order valence-electron chi connectivity index (χ2n) is 4.87. The van der Waals surface area contributed by atoms with Crippen LogP contribution in [0.4, 0.5) is 0 Å². The molecule has 0 saturated heterocycles. The Morgan fingerprint density at radius 1 is 1.14 bits per heavy atom. The molecule has 22 heavy (non-hydrogen) atoms. The largest absolute Gasteiger partial charge is 0.347 e. The van der Waals surface area contributed by atoms with Gasteiger partial charge in [-0.25, -0.2) is 0 Å². The van der Waals surface area contributed by atoms with Gasteiger partial charge in [-0.1, -0.05) is 36.4 Å². The number of hydrogen-bond donors (Lipinski definition) is 1. The average molecular weight is 312 g/mol. The fourth-order valence-corrected chi connectivity index (χ4v) is 2.94. The zero-order chi connectivity index (χ0) is 15.2. The van der Waals surface area contributed by atoms with E-state index in [1.807, 2.05) is 47.8 Å². The van der Waals surface area contributed by atoms with Crippen LogP contribution in [0.15, 0.2) is 60.2 Å². The van der Waals surface area contributed by atoms with Crippen molar-refractivity contribution in [3.8, 4) is 0 Å². The quantitative estimate of drug-likeness (QED) is 0.760. The number of rotatable bonds is 6. The number of hydrogen-bond acceptors (Lipinski definition) is 4. The SMILES string of the molecule is O=C(Cc1cccs1)N[C@@H](Cn1nccn1)c1ccccc1. The molecule has 1 amide bonds. The van der Waals surface area contributed by atoms with Crippen molar-refractivity contribution in [1.82, 2.24) is 20.3 Å². The summed E-state index contributed by atoms with van der Waals surface area (Å²) in [7, 11) is 0. The van der Waals surface area contributed by atoms with Crippen molar-refractivity contribution < 1.29 is 4.79 Å². The third kappa shape index (κ3) is 3.79. The van der Waals surface area contributed by atoms with E-state index in [0.29, 0.717) is 13.0 Å². The van der Waals surface area contributed by atoms with E-state index in [9.17, 15) is 4.79 Å². The molecule has 0 bridgehead atoms. The van der Waals surface area contributed by atoms with Gasteiger partial charge in [-0.3, -0.25) is 4.79 Å². The first-order valence-corrected chi connectivity index (χ1v) is 7.90. The first-order valence-electron chi connectivity index (χ1n) is 7.02. The standard InChI is InChI=1S/C16H16N4OS/c21-16(11-14-7-4-10-22-14)19-15(12-20-17-8-9-18-20)13-5-2-1-3-6-13/h1-10,15H,11-12H2,(H,19,21)/t15-/m0/s1. The summed E-state index contributed by atoms with van der Waals surface area (Å²) in [6.07, 6.45) is 3.67. The molecular formula is C16H16N4OS. The molecule has 2 aromatic heterocycles. The van der Waals surface area contributed by atoms with E-state index >= 15 is 0 Å². The lowest BCUT2D eigenvalue weighted by Gasteiger charge is -2.18. The summed E-state index contributed by atoms with van der Waals surface area (Å²) in [5, 5.41) is 13.3. The maximum atomic E-state index is 12.3. The molecule has 0 aliphatic rings. The summed E-state index contributed by atoms with van der Waals surface area (Å²) in [5.74, 6) is 0.00320. The smallest absolute Gasteiger partial charge is 0.225 e. The molecule has 2 heterocycles. The predicted molar refractivity (Wildman–Crippen MR) is 85.4 cm³/mol. The van der Waals surface area contributed by atoms with E-state index < -0.39 is 0 Å². The van der Waals surface area contributed by atoms with Crippen molar-refractivity contribution in [3.05, 3.63) is 70.7 Å². The third-order valence-corrected chi connectivity index (χ3v) is 4.14. The van der Waals surface area contributed by atoms with E-state index in [-0.39, 0.29) is 11.9 Å². The van der Waals surface area contributed by atoms with Crippen LogP contribution in [-0.4, -0.2) is 20.9 Å². The predicted octanol–water partition coefficient (Wildman–Crippen LogP) is 2.44. The Labute approximate surface area is 132 Å². The molecule has 3 rings (SSSR count). The lowest BCUT2D eigenvalue weighted by Crippen LogP contribution is -2.32. The highest BCUT2D eigenvalue weighted by molar-refractivity contribution is 7.10. The van der Waals surface area contributed by atoms with Crippen molar-refractivity contribution in [3.63, 3.8) is 0 Å². The molecule has 6 heteroatoms. The molecule has 5 nitrogen and oxygen atoms in total. The number of amides is 1. The second-order valence-corrected chi connectivity index (χ2v) is 5.90. The molecule has 0 radical (unpaired) electrons. The minimum atomic E-state index is -0.152. The van der Waals surface area contributed by atoms with Crippen LogP contribution in [0.25, 0.3) is 0 Å². The lowest BCUT2D eigenvalue weighted by molar-refractivity contribution is -0.121. The van der Waals surface area contributed by atoms with Crippen molar-refractivity contribution in [2.75, 3.05) is 0 Å². The van der Waals surface area contributed by atoms with Crippen LogP contribution in [0, 0.1) is 0 Å². The van der Waals surface area contributed by atoms with Crippen LogP contribution >= 0.6 is 11.3 Å². The minimum absolute atomic E-state index is 0.00320. The monoisotopic (exact) mass is 312 g/mol. The molecule has 0 aliphatic carbocycles.